The second kappa shape index (κ2) is 7.06. The summed E-state index contributed by atoms with van der Waals surface area (Å²) in [5.74, 6) is 2.61. The largest absolute Gasteiger partial charge is 0.338 e. The lowest BCUT2D eigenvalue weighted by Gasteiger charge is -2.33. The minimum Gasteiger partial charge on any atom is -0.338 e. The topological polar surface area (TPSA) is 73.8 Å². The van der Waals surface area contributed by atoms with Crippen LogP contribution in [0, 0.1) is 0 Å². The molecular weight excluding hydrogens is 322 g/mol. The SMILES string of the molecule is c1cnc(N2CCN(Cc3n[nH]c(Cc4cccs4)n3)CC2)nc1. The first kappa shape index (κ1) is 15.2. The van der Waals surface area contributed by atoms with Gasteiger partial charge in [0.25, 0.3) is 0 Å². The smallest absolute Gasteiger partial charge is 0.225 e. The Morgan fingerprint density at radius 3 is 2.67 bits per heavy atom. The maximum Gasteiger partial charge on any atom is 0.225 e. The van der Waals surface area contributed by atoms with Crippen LogP contribution in [0.1, 0.15) is 16.5 Å². The quantitative estimate of drug-likeness (QED) is 0.759. The van der Waals surface area contributed by atoms with Crippen molar-refractivity contribution >= 4 is 17.3 Å². The van der Waals surface area contributed by atoms with Gasteiger partial charge in [-0.15, -0.1) is 11.3 Å². The lowest BCUT2D eigenvalue weighted by atomic mass is 10.3. The van der Waals surface area contributed by atoms with Crippen molar-refractivity contribution in [3.63, 3.8) is 0 Å². The summed E-state index contributed by atoms with van der Waals surface area (Å²) in [5.41, 5.74) is 0. The van der Waals surface area contributed by atoms with Gasteiger partial charge in [0.2, 0.25) is 5.95 Å². The molecule has 7 nitrogen and oxygen atoms in total. The Labute approximate surface area is 144 Å². The first-order valence-electron chi connectivity index (χ1n) is 8.04. The van der Waals surface area contributed by atoms with E-state index < -0.39 is 0 Å². The molecule has 0 amide bonds. The standard InChI is InChI=1S/C16H19N7S/c1-3-13(24-10-1)11-14-19-15(21-20-14)12-22-6-8-23(9-7-22)16-17-4-2-5-18-16/h1-5,10H,6-9,11-12H2,(H,19,20,21). The fourth-order valence-corrected chi connectivity index (χ4v) is 3.53. The zero-order valence-corrected chi connectivity index (χ0v) is 14.1. The number of piperazine rings is 1. The van der Waals surface area contributed by atoms with Gasteiger partial charge < -0.3 is 4.90 Å². The molecule has 0 unspecified atom stereocenters. The predicted octanol–water partition coefficient (Wildman–Crippen LogP) is 1.57. The van der Waals surface area contributed by atoms with E-state index in [0.717, 1.165) is 56.7 Å². The summed E-state index contributed by atoms with van der Waals surface area (Å²) in [5, 5.41) is 9.50. The van der Waals surface area contributed by atoms with Gasteiger partial charge in [-0.05, 0) is 17.5 Å². The third-order valence-corrected chi connectivity index (χ3v) is 4.95. The van der Waals surface area contributed by atoms with Crippen molar-refractivity contribution in [2.24, 2.45) is 0 Å². The van der Waals surface area contributed by atoms with E-state index in [1.54, 1.807) is 23.7 Å². The molecule has 8 heteroatoms. The van der Waals surface area contributed by atoms with E-state index >= 15 is 0 Å². The predicted molar refractivity (Wildman–Crippen MR) is 93.0 cm³/mol. The Bertz CT molecular complexity index is 748. The fraction of sp³-hybridized carbons (Fsp3) is 0.375. The van der Waals surface area contributed by atoms with Crippen LogP contribution in [0.15, 0.2) is 36.0 Å². The Kier molecular flexibility index (Phi) is 4.48. The van der Waals surface area contributed by atoms with Crippen LogP contribution in [-0.4, -0.2) is 56.2 Å². The average Bonchev–Trinajstić information content (AvgIpc) is 3.29. The number of aromatic amines is 1. The molecule has 0 aromatic carbocycles. The zero-order chi connectivity index (χ0) is 16.2. The molecule has 124 valence electrons. The average molecular weight is 341 g/mol. The maximum absolute atomic E-state index is 4.62. The van der Waals surface area contributed by atoms with Crippen LogP contribution in [0.5, 0.6) is 0 Å². The fourth-order valence-electron chi connectivity index (χ4n) is 2.82. The number of hydrogen-bond acceptors (Lipinski definition) is 7. The third-order valence-electron chi connectivity index (χ3n) is 4.07. The van der Waals surface area contributed by atoms with Gasteiger partial charge in [0.15, 0.2) is 5.82 Å². The molecule has 1 saturated heterocycles. The van der Waals surface area contributed by atoms with Gasteiger partial charge in [0, 0.05) is 49.9 Å². The van der Waals surface area contributed by atoms with E-state index in [-0.39, 0.29) is 0 Å². The molecule has 3 aromatic rings. The van der Waals surface area contributed by atoms with Gasteiger partial charge in [-0.25, -0.2) is 15.0 Å². The molecule has 24 heavy (non-hydrogen) atoms. The van der Waals surface area contributed by atoms with Crippen molar-refractivity contribution in [2.45, 2.75) is 13.0 Å². The highest BCUT2D eigenvalue weighted by atomic mass is 32.1. The number of thiophene rings is 1. The van der Waals surface area contributed by atoms with Crippen molar-refractivity contribution < 1.29 is 0 Å². The monoisotopic (exact) mass is 341 g/mol. The number of hydrogen-bond donors (Lipinski definition) is 1. The molecule has 4 heterocycles. The van der Waals surface area contributed by atoms with Crippen molar-refractivity contribution in [3.8, 4) is 0 Å². The first-order chi connectivity index (χ1) is 11.9. The molecule has 0 radical (unpaired) electrons. The Balaban J connectivity index is 1.30. The van der Waals surface area contributed by atoms with E-state index in [1.807, 2.05) is 6.07 Å². The van der Waals surface area contributed by atoms with Crippen LogP contribution in [-0.2, 0) is 13.0 Å². The van der Waals surface area contributed by atoms with Gasteiger partial charge in [0.05, 0.1) is 6.54 Å². The van der Waals surface area contributed by atoms with Crippen molar-refractivity contribution in [3.05, 3.63) is 52.5 Å². The van der Waals surface area contributed by atoms with Crippen LogP contribution >= 0.6 is 11.3 Å². The molecule has 1 N–H and O–H groups in total. The summed E-state index contributed by atoms with van der Waals surface area (Å²) in [6.45, 7) is 4.57. The van der Waals surface area contributed by atoms with Gasteiger partial charge >= 0.3 is 0 Å². The normalized spacial score (nSPS) is 15.8. The molecule has 0 spiro atoms. The van der Waals surface area contributed by atoms with Crippen molar-refractivity contribution in [1.29, 1.82) is 0 Å². The lowest BCUT2D eigenvalue weighted by molar-refractivity contribution is 0.243. The van der Waals surface area contributed by atoms with E-state index in [0.29, 0.717) is 0 Å². The maximum atomic E-state index is 4.62. The van der Waals surface area contributed by atoms with Crippen LogP contribution < -0.4 is 4.90 Å². The number of H-pyrrole nitrogens is 1. The second-order valence-corrected chi connectivity index (χ2v) is 6.80. The van der Waals surface area contributed by atoms with Crippen LogP contribution in [0.4, 0.5) is 5.95 Å². The molecule has 4 rings (SSSR count). The van der Waals surface area contributed by atoms with Gasteiger partial charge in [0.1, 0.15) is 5.82 Å². The summed E-state index contributed by atoms with van der Waals surface area (Å²) in [4.78, 5) is 19.1. The third kappa shape index (κ3) is 3.60. The van der Waals surface area contributed by atoms with E-state index in [9.17, 15) is 0 Å². The van der Waals surface area contributed by atoms with E-state index in [2.05, 4.69) is 52.5 Å². The summed E-state index contributed by atoms with van der Waals surface area (Å²) < 4.78 is 0. The molecule has 0 saturated carbocycles. The van der Waals surface area contributed by atoms with Gasteiger partial charge in [-0.3, -0.25) is 10.00 Å². The highest BCUT2D eigenvalue weighted by Crippen LogP contribution is 2.14. The molecule has 0 bridgehead atoms. The molecular formula is C16H19N7S. The number of anilines is 1. The summed E-state index contributed by atoms with van der Waals surface area (Å²) in [6.07, 6.45) is 4.40. The Morgan fingerprint density at radius 1 is 1.08 bits per heavy atom. The van der Waals surface area contributed by atoms with Gasteiger partial charge in [-0.2, -0.15) is 5.10 Å². The van der Waals surface area contributed by atoms with Crippen molar-refractivity contribution in [1.82, 2.24) is 30.0 Å². The number of rotatable bonds is 5. The van der Waals surface area contributed by atoms with Gasteiger partial charge in [-0.1, -0.05) is 6.07 Å². The van der Waals surface area contributed by atoms with Crippen molar-refractivity contribution in [2.75, 3.05) is 31.1 Å². The summed E-state index contributed by atoms with van der Waals surface area (Å²) >= 11 is 1.75. The first-order valence-corrected chi connectivity index (χ1v) is 8.91. The number of nitrogens with one attached hydrogen (secondary N) is 1. The Morgan fingerprint density at radius 2 is 1.92 bits per heavy atom. The number of aromatic nitrogens is 5. The minimum atomic E-state index is 0.782. The lowest BCUT2D eigenvalue weighted by Crippen LogP contribution is -2.46. The van der Waals surface area contributed by atoms with Crippen LogP contribution in [0.25, 0.3) is 0 Å². The molecule has 0 atom stereocenters. The minimum absolute atomic E-state index is 0.782. The number of nitrogens with zero attached hydrogens (tertiary/aromatic N) is 6. The molecule has 1 aliphatic heterocycles. The van der Waals surface area contributed by atoms with E-state index in [4.69, 9.17) is 0 Å². The molecule has 1 fully saturated rings. The highest BCUT2D eigenvalue weighted by molar-refractivity contribution is 7.09. The second-order valence-electron chi connectivity index (χ2n) is 5.77. The molecule has 0 aliphatic carbocycles. The highest BCUT2D eigenvalue weighted by Gasteiger charge is 2.20. The van der Waals surface area contributed by atoms with Crippen LogP contribution in [0.2, 0.25) is 0 Å². The van der Waals surface area contributed by atoms with E-state index in [1.165, 1.54) is 4.88 Å². The van der Waals surface area contributed by atoms with Crippen LogP contribution in [0.3, 0.4) is 0 Å². The summed E-state index contributed by atoms with van der Waals surface area (Å²) in [6, 6.07) is 6.03. The zero-order valence-electron chi connectivity index (χ0n) is 13.3. The summed E-state index contributed by atoms with van der Waals surface area (Å²) in [7, 11) is 0. The molecule has 3 aromatic heterocycles. The Hall–Kier alpha value is -2.32. The molecule has 1 aliphatic rings.